The number of hydrogen-bond donors (Lipinski definition) is 1. The summed E-state index contributed by atoms with van der Waals surface area (Å²) in [6.45, 7) is 0. The van der Waals surface area contributed by atoms with E-state index in [-0.39, 0.29) is 22.4 Å². The van der Waals surface area contributed by atoms with E-state index in [2.05, 4.69) is 0 Å². The number of nitrogens with zero attached hydrogens (tertiary/aromatic N) is 2. The molecule has 1 unspecified atom stereocenters. The maximum Gasteiger partial charge on any atom is 0.337 e. The first-order valence-corrected chi connectivity index (χ1v) is 10.7. The Morgan fingerprint density at radius 1 is 0.944 bits per heavy atom. The standard InChI is InChI=1S/C26H20N2O8/c1-35-20-6-4-3-5-19(20)22-21(23(29)15-7-13-18(14-8-15)28(33)34)24(30)25(31)27(22)17-11-9-16(10-12-17)26(32)36-2/h3-14,22,29H,1-2H3/b23-21+. The van der Waals surface area contributed by atoms with Crippen molar-refractivity contribution in [2.45, 2.75) is 6.04 Å². The minimum Gasteiger partial charge on any atom is -0.507 e. The van der Waals surface area contributed by atoms with Crippen LogP contribution in [0.25, 0.3) is 5.76 Å². The highest BCUT2D eigenvalue weighted by atomic mass is 16.6. The van der Waals surface area contributed by atoms with Crippen LogP contribution in [0.15, 0.2) is 78.4 Å². The number of esters is 1. The number of methoxy groups -OCH3 is 2. The van der Waals surface area contributed by atoms with Crippen LogP contribution in [0.4, 0.5) is 11.4 Å². The molecule has 1 saturated heterocycles. The van der Waals surface area contributed by atoms with E-state index in [4.69, 9.17) is 9.47 Å². The van der Waals surface area contributed by atoms with Gasteiger partial charge < -0.3 is 14.6 Å². The second kappa shape index (κ2) is 9.71. The lowest BCUT2D eigenvalue weighted by atomic mass is 9.94. The van der Waals surface area contributed by atoms with Gasteiger partial charge in [0.1, 0.15) is 11.5 Å². The van der Waals surface area contributed by atoms with Crippen molar-refractivity contribution in [2.24, 2.45) is 0 Å². The average molecular weight is 488 g/mol. The molecule has 0 aliphatic carbocycles. The molecule has 4 rings (SSSR count). The Morgan fingerprint density at radius 3 is 2.14 bits per heavy atom. The number of hydrogen-bond acceptors (Lipinski definition) is 8. The predicted molar refractivity (Wildman–Crippen MR) is 129 cm³/mol. The number of nitro groups is 1. The fraction of sp³-hybridized carbons (Fsp3) is 0.115. The van der Waals surface area contributed by atoms with Crippen LogP contribution in [-0.2, 0) is 14.3 Å². The van der Waals surface area contributed by atoms with E-state index in [1.807, 2.05) is 0 Å². The minimum atomic E-state index is -1.08. The summed E-state index contributed by atoms with van der Waals surface area (Å²) in [5.74, 6) is -2.54. The molecule has 10 heteroatoms. The van der Waals surface area contributed by atoms with Crippen molar-refractivity contribution in [1.82, 2.24) is 0 Å². The van der Waals surface area contributed by atoms with Gasteiger partial charge in [0.25, 0.3) is 17.4 Å². The number of ketones is 1. The van der Waals surface area contributed by atoms with Gasteiger partial charge in [-0.2, -0.15) is 0 Å². The molecule has 3 aromatic rings. The van der Waals surface area contributed by atoms with Crippen LogP contribution in [-0.4, -0.2) is 41.9 Å². The van der Waals surface area contributed by atoms with Crippen molar-refractivity contribution in [3.8, 4) is 5.75 Å². The van der Waals surface area contributed by atoms with E-state index < -0.39 is 34.4 Å². The molecule has 0 radical (unpaired) electrons. The minimum absolute atomic E-state index is 0.125. The van der Waals surface area contributed by atoms with Crippen molar-refractivity contribution >= 4 is 34.8 Å². The number of carbonyl (C=O) groups is 3. The molecule has 1 aliphatic rings. The predicted octanol–water partition coefficient (Wildman–Crippen LogP) is 4.02. The Kier molecular flexibility index (Phi) is 6.51. The second-order valence-electron chi connectivity index (χ2n) is 7.75. The Balaban J connectivity index is 1.91. The van der Waals surface area contributed by atoms with Gasteiger partial charge >= 0.3 is 5.97 Å². The van der Waals surface area contributed by atoms with Crippen LogP contribution in [0.1, 0.15) is 27.5 Å². The molecule has 1 fully saturated rings. The van der Waals surface area contributed by atoms with Crippen LogP contribution in [0.2, 0.25) is 0 Å². The van der Waals surface area contributed by atoms with Gasteiger partial charge in [-0.1, -0.05) is 18.2 Å². The van der Waals surface area contributed by atoms with E-state index >= 15 is 0 Å². The van der Waals surface area contributed by atoms with E-state index in [9.17, 15) is 29.6 Å². The number of nitro benzene ring substituents is 1. The summed E-state index contributed by atoms with van der Waals surface area (Å²) in [5.41, 5.74) is 0.689. The number of para-hydroxylation sites is 1. The zero-order chi connectivity index (χ0) is 26.0. The van der Waals surface area contributed by atoms with Crippen molar-refractivity contribution in [3.05, 3.63) is 105 Å². The number of benzene rings is 3. The Morgan fingerprint density at radius 2 is 1.56 bits per heavy atom. The molecule has 0 spiro atoms. The quantitative estimate of drug-likeness (QED) is 0.137. The molecular weight excluding hydrogens is 468 g/mol. The summed E-state index contributed by atoms with van der Waals surface area (Å²) >= 11 is 0. The maximum absolute atomic E-state index is 13.3. The van der Waals surface area contributed by atoms with E-state index in [1.165, 1.54) is 67.7 Å². The highest BCUT2D eigenvalue weighted by molar-refractivity contribution is 6.51. The van der Waals surface area contributed by atoms with Gasteiger partial charge in [0, 0.05) is 28.9 Å². The summed E-state index contributed by atoms with van der Waals surface area (Å²) in [6.07, 6.45) is 0. The first-order valence-electron chi connectivity index (χ1n) is 10.7. The zero-order valence-electron chi connectivity index (χ0n) is 19.2. The van der Waals surface area contributed by atoms with Gasteiger partial charge in [-0.05, 0) is 42.5 Å². The van der Waals surface area contributed by atoms with Gasteiger partial charge in [0.05, 0.1) is 36.3 Å². The van der Waals surface area contributed by atoms with E-state index in [1.54, 1.807) is 24.3 Å². The highest BCUT2D eigenvalue weighted by Gasteiger charge is 2.48. The fourth-order valence-corrected chi connectivity index (χ4v) is 4.06. The van der Waals surface area contributed by atoms with Crippen molar-refractivity contribution in [1.29, 1.82) is 0 Å². The third kappa shape index (κ3) is 4.16. The number of anilines is 1. The summed E-state index contributed by atoms with van der Waals surface area (Å²) in [4.78, 5) is 50.0. The normalized spacial score (nSPS) is 16.6. The topological polar surface area (TPSA) is 136 Å². The zero-order valence-corrected chi connectivity index (χ0v) is 19.2. The molecule has 36 heavy (non-hydrogen) atoms. The van der Waals surface area contributed by atoms with Crippen molar-refractivity contribution in [3.63, 3.8) is 0 Å². The molecule has 1 aliphatic heterocycles. The van der Waals surface area contributed by atoms with E-state index in [0.717, 1.165) is 0 Å². The maximum atomic E-state index is 13.3. The van der Waals surface area contributed by atoms with Crippen molar-refractivity contribution < 1.29 is 33.9 Å². The molecule has 1 N–H and O–H groups in total. The van der Waals surface area contributed by atoms with Crippen LogP contribution >= 0.6 is 0 Å². The first kappa shape index (κ1) is 24.1. The number of ether oxygens (including phenoxy) is 2. The monoisotopic (exact) mass is 488 g/mol. The van der Waals surface area contributed by atoms with E-state index in [0.29, 0.717) is 17.0 Å². The third-order valence-electron chi connectivity index (χ3n) is 5.80. The summed E-state index contributed by atoms with van der Waals surface area (Å²) < 4.78 is 10.2. The van der Waals surface area contributed by atoms with Crippen LogP contribution in [0.3, 0.4) is 0 Å². The van der Waals surface area contributed by atoms with Gasteiger partial charge in [0.15, 0.2) is 0 Å². The van der Waals surface area contributed by atoms with Crippen LogP contribution in [0, 0.1) is 10.1 Å². The first-order chi connectivity index (χ1) is 17.3. The summed E-state index contributed by atoms with van der Waals surface area (Å²) in [5, 5.41) is 22.2. The molecule has 1 heterocycles. The van der Waals surface area contributed by atoms with Crippen LogP contribution < -0.4 is 9.64 Å². The second-order valence-corrected chi connectivity index (χ2v) is 7.75. The Hall–Kier alpha value is -4.99. The number of amides is 1. The Labute approximate surface area is 205 Å². The van der Waals surface area contributed by atoms with Gasteiger partial charge in [-0.15, -0.1) is 0 Å². The number of aliphatic hydroxyl groups excluding tert-OH is 1. The lowest BCUT2D eigenvalue weighted by Gasteiger charge is -2.26. The van der Waals surface area contributed by atoms with Gasteiger partial charge in [0.2, 0.25) is 0 Å². The molecular formula is C26H20N2O8. The number of carbonyl (C=O) groups excluding carboxylic acids is 3. The molecule has 3 aromatic carbocycles. The Bertz CT molecular complexity index is 1390. The molecule has 0 bridgehead atoms. The highest BCUT2D eigenvalue weighted by Crippen LogP contribution is 2.44. The lowest BCUT2D eigenvalue weighted by Crippen LogP contribution is -2.29. The third-order valence-corrected chi connectivity index (χ3v) is 5.80. The largest absolute Gasteiger partial charge is 0.507 e. The number of non-ortho nitro benzene ring substituents is 1. The molecule has 10 nitrogen and oxygen atoms in total. The average Bonchev–Trinajstić information content (AvgIpc) is 3.17. The van der Waals surface area contributed by atoms with Gasteiger partial charge in [-0.25, -0.2) is 4.79 Å². The summed E-state index contributed by atoms with van der Waals surface area (Å²) in [7, 11) is 2.68. The molecule has 0 saturated carbocycles. The van der Waals surface area contributed by atoms with Crippen LogP contribution in [0.5, 0.6) is 5.75 Å². The molecule has 0 aromatic heterocycles. The molecule has 182 valence electrons. The number of Topliss-reactive ketones (excluding diaryl/α,β-unsaturated/α-hetero) is 1. The SMILES string of the molecule is COC(=O)c1ccc(N2C(=O)C(=O)/C(=C(/O)c3ccc([N+](=O)[O-])cc3)C2c2ccccc2OC)cc1. The molecule has 1 atom stereocenters. The fourth-order valence-electron chi connectivity index (χ4n) is 4.06. The number of rotatable bonds is 6. The number of aliphatic hydroxyl groups is 1. The summed E-state index contributed by atoms with van der Waals surface area (Å²) in [6, 6.07) is 16.5. The van der Waals surface area contributed by atoms with Gasteiger partial charge in [-0.3, -0.25) is 24.6 Å². The smallest absolute Gasteiger partial charge is 0.337 e. The van der Waals surface area contributed by atoms with Crippen molar-refractivity contribution in [2.75, 3.05) is 19.1 Å². The molecule has 1 amide bonds. The lowest BCUT2D eigenvalue weighted by molar-refractivity contribution is -0.384.